The lowest BCUT2D eigenvalue weighted by atomic mass is 10.1. The van der Waals surface area contributed by atoms with Crippen LogP contribution in [-0.2, 0) is 9.59 Å². The summed E-state index contributed by atoms with van der Waals surface area (Å²) in [6.45, 7) is 2.34. The molecule has 2 amide bonds. The predicted molar refractivity (Wildman–Crippen MR) is 117 cm³/mol. The van der Waals surface area contributed by atoms with Gasteiger partial charge in [-0.15, -0.1) is 0 Å². The number of aromatic hydroxyl groups is 1. The van der Waals surface area contributed by atoms with Crippen LogP contribution in [0, 0.1) is 0 Å². The van der Waals surface area contributed by atoms with Crippen molar-refractivity contribution in [3.8, 4) is 11.5 Å². The van der Waals surface area contributed by atoms with E-state index in [0.29, 0.717) is 32.6 Å². The molecule has 6 nitrogen and oxygen atoms in total. The second-order valence-corrected chi connectivity index (χ2v) is 7.82. The Bertz CT molecular complexity index is 1000. The first kappa shape index (κ1) is 20.5. The second kappa shape index (κ2) is 8.42. The fourth-order valence-electron chi connectivity index (χ4n) is 2.61. The summed E-state index contributed by atoms with van der Waals surface area (Å²) >= 11 is 11.7. The van der Waals surface area contributed by atoms with Crippen molar-refractivity contribution in [1.29, 1.82) is 0 Å². The van der Waals surface area contributed by atoms with E-state index in [9.17, 15) is 14.7 Å². The normalized spacial score (nSPS) is 15.8. The number of hydrogen-bond donors (Lipinski definition) is 2. The van der Waals surface area contributed by atoms with E-state index in [-0.39, 0.29) is 16.4 Å². The first-order valence-corrected chi connectivity index (χ1v) is 10.1. The zero-order valence-electron chi connectivity index (χ0n) is 14.5. The Morgan fingerprint density at radius 1 is 1.21 bits per heavy atom. The monoisotopic (exact) mass is 524 g/mol. The highest BCUT2D eigenvalue weighted by molar-refractivity contribution is 9.11. The Kier molecular flexibility index (Phi) is 6.17. The molecule has 3 rings (SSSR count). The first-order valence-electron chi connectivity index (χ1n) is 8.14. The number of phenols is 1. The maximum atomic E-state index is 13.1. The molecule has 0 spiro atoms. The number of benzene rings is 2. The van der Waals surface area contributed by atoms with E-state index in [0.717, 1.165) is 0 Å². The number of halogens is 2. The van der Waals surface area contributed by atoms with Gasteiger partial charge in [0.05, 0.1) is 21.2 Å². The molecule has 1 saturated heterocycles. The zero-order chi connectivity index (χ0) is 20.4. The van der Waals surface area contributed by atoms with E-state index < -0.39 is 11.8 Å². The lowest BCUT2D eigenvalue weighted by Gasteiger charge is -2.29. The molecule has 2 N–H and O–H groups in total. The molecule has 2 aromatic rings. The largest absolute Gasteiger partial charge is 0.506 e. The van der Waals surface area contributed by atoms with Gasteiger partial charge in [0.2, 0.25) is 0 Å². The minimum atomic E-state index is -0.590. The average molecular weight is 526 g/mol. The van der Waals surface area contributed by atoms with Gasteiger partial charge in [0.15, 0.2) is 5.11 Å². The standard InChI is InChI=1S/C19H14Br2N2O4S/c1-2-27-12-5-3-4-11(9-12)23-18(26)13(17(25)22-19(23)28)6-10-7-14(20)16(24)15(21)8-10/h3-9,24H,2H2,1H3,(H,22,25,28)/b13-6+. The minimum Gasteiger partial charge on any atom is -0.506 e. The van der Waals surface area contributed by atoms with Crippen LogP contribution in [0.5, 0.6) is 11.5 Å². The molecular formula is C19H14Br2N2O4S. The summed E-state index contributed by atoms with van der Waals surface area (Å²) in [5, 5.41) is 12.4. The quantitative estimate of drug-likeness (QED) is 0.356. The van der Waals surface area contributed by atoms with Crippen LogP contribution in [0.2, 0.25) is 0 Å². The summed E-state index contributed by atoms with van der Waals surface area (Å²) in [6, 6.07) is 10.1. The van der Waals surface area contributed by atoms with Crippen LogP contribution in [-0.4, -0.2) is 28.6 Å². The summed E-state index contributed by atoms with van der Waals surface area (Å²) < 4.78 is 6.32. The third kappa shape index (κ3) is 4.11. The van der Waals surface area contributed by atoms with Crippen LogP contribution in [0.4, 0.5) is 5.69 Å². The molecule has 0 bridgehead atoms. The number of phenolic OH excluding ortho intramolecular Hbond substituents is 1. The molecule has 1 fully saturated rings. The molecule has 1 aliphatic rings. The molecule has 0 atom stereocenters. The van der Waals surface area contributed by atoms with E-state index in [1.807, 2.05) is 6.92 Å². The van der Waals surface area contributed by atoms with Gasteiger partial charge in [0.1, 0.15) is 17.1 Å². The number of carbonyl (C=O) groups is 2. The molecule has 1 aliphatic heterocycles. The Hall–Kier alpha value is -2.23. The predicted octanol–water partition coefficient (Wildman–Crippen LogP) is 4.15. The van der Waals surface area contributed by atoms with Crippen LogP contribution in [0.15, 0.2) is 50.9 Å². The summed E-state index contributed by atoms with van der Waals surface area (Å²) in [5.74, 6) is -0.531. The molecular weight excluding hydrogens is 512 g/mol. The third-order valence-electron chi connectivity index (χ3n) is 3.84. The summed E-state index contributed by atoms with van der Waals surface area (Å²) in [5.41, 5.74) is 0.950. The number of anilines is 1. The molecule has 9 heteroatoms. The SMILES string of the molecule is CCOc1cccc(N2C(=O)/C(=C/c3cc(Br)c(O)c(Br)c3)C(=O)NC2=S)c1. The van der Waals surface area contributed by atoms with Crippen molar-refractivity contribution in [2.75, 3.05) is 11.5 Å². The van der Waals surface area contributed by atoms with Crippen molar-refractivity contribution < 1.29 is 19.4 Å². The van der Waals surface area contributed by atoms with Gasteiger partial charge in [-0.25, -0.2) is 0 Å². The highest BCUT2D eigenvalue weighted by Crippen LogP contribution is 2.34. The number of rotatable bonds is 4. The second-order valence-electron chi connectivity index (χ2n) is 5.72. The number of nitrogens with one attached hydrogen (secondary N) is 1. The van der Waals surface area contributed by atoms with Gasteiger partial charge in [-0.1, -0.05) is 6.07 Å². The number of carbonyl (C=O) groups excluding carboxylic acids is 2. The smallest absolute Gasteiger partial charge is 0.270 e. The number of hydrogen-bond acceptors (Lipinski definition) is 5. The van der Waals surface area contributed by atoms with Gasteiger partial charge in [0.25, 0.3) is 11.8 Å². The van der Waals surface area contributed by atoms with E-state index in [4.69, 9.17) is 17.0 Å². The number of thiocarbonyl (C=S) groups is 1. The van der Waals surface area contributed by atoms with Crippen molar-refractivity contribution in [1.82, 2.24) is 5.32 Å². The Morgan fingerprint density at radius 2 is 1.89 bits per heavy atom. The summed E-state index contributed by atoms with van der Waals surface area (Å²) in [7, 11) is 0. The van der Waals surface area contributed by atoms with Gasteiger partial charge >= 0.3 is 0 Å². The van der Waals surface area contributed by atoms with E-state index in [1.54, 1.807) is 36.4 Å². The van der Waals surface area contributed by atoms with Crippen molar-refractivity contribution in [3.63, 3.8) is 0 Å². The fourth-order valence-corrected chi connectivity index (χ4v) is 4.11. The highest BCUT2D eigenvalue weighted by Gasteiger charge is 2.34. The van der Waals surface area contributed by atoms with Gasteiger partial charge in [0, 0.05) is 6.07 Å². The van der Waals surface area contributed by atoms with Crippen LogP contribution in [0.1, 0.15) is 12.5 Å². The molecule has 0 radical (unpaired) electrons. The van der Waals surface area contributed by atoms with Gasteiger partial charge in [-0.05, 0) is 86.9 Å². The Labute approximate surface area is 183 Å². The Balaban J connectivity index is 2.02. The number of nitrogens with zero attached hydrogens (tertiary/aromatic N) is 1. The molecule has 0 saturated carbocycles. The molecule has 1 heterocycles. The van der Waals surface area contributed by atoms with Crippen LogP contribution in [0.3, 0.4) is 0 Å². The Morgan fingerprint density at radius 3 is 2.54 bits per heavy atom. The summed E-state index contributed by atoms with van der Waals surface area (Å²) in [6.07, 6.45) is 1.44. The third-order valence-corrected chi connectivity index (χ3v) is 5.33. The molecule has 0 aromatic heterocycles. The van der Waals surface area contributed by atoms with Gasteiger partial charge in [-0.2, -0.15) is 0 Å². The van der Waals surface area contributed by atoms with Crippen molar-refractivity contribution in [2.24, 2.45) is 0 Å². The topological polar surface area (TPSA) is 78.9 Å². The molecule has 0 aliphatic carbocycles. The van der Waals surface area contributed by atoms with Crippen LogP contribution >= 0.6 is 44.1 Å². The van der Waals surface area contributed by atoms with E-state index in [2.05, 4.69) is 37.2 Å². The van der Waals surface area contributed by atoms with Crippen molar-refractivity contribution in [2.45, 2.75) is 6.92 Å². The maximum Gasteiger partial charge on any atom is 0.270 e. The first-order chi connectivity index (χ1) is 13.3. The number of amides is 2. The van der Waals surface area contributed by atoms with E-state index in [1.165, 1.54) is 11.0 Å². The van der Waals surface area contributed by atoms with Gasteiger partial charge < -0.3 is 9.84 Å². The minimum absolute atomic E-state index is 0.00568. The molecule has 144 valence electrons. The molecule has 2 aromatic carbocycles. The fraction of sp³-hybridized carbons (Fsp3) is 0.105. The lowest BCUT2D eigenvalue weighted by Crippen LogP contribution is -2.54. The molecule has 28 heavy (non-hydrogen) atoms. The molecule has 0 unspecified atom stereocenters. The van der Waals surface area contributed by atoms with Crippen molar-refractivity contribution >= 4 is 72.8 Å². The van der Waals surface area contributed by atoms with E-state index >= 15 is 0 Å². The maximum absolute atomic E-state index is 13.1. The highest BCUT2D eigenvalue weighted by atomic mass is 79.9. The number of ether oxygens (including phenoxy) is 1. The zero-order valence-corrected chi connectivity index (χ0v) is 18.5. The van der Waals surface area contributed by atoms with Crippen LogP contribution in [0.25, 0.3) is 6.08 Å². The summed E-state index contributed by atoms with van der Waals surface area (Å²) in [4.78, 5) is 26.7. The van der Waals surface area contributed by atoms with Gasteiger partial charge in [-0.3, -0.25) is 19.8 Å². The lowest BCUT2D eigenvalue weighted by molar-refractivity contribution is -0.122. The van der Waals surface area contributed by atoms with Crippen LogP contribution < -0.4 is 15.0 Å². The van der Waals surface area contributed by atoms with Crippen molar-refractivity contribution in [3.05, 3.63) is 56.5 Å². The average Bonchev–Trinajstić information content (AvgIpc) is 2.63.